The van der Waals surface area contributed by atoms with E-state index in [0.717, 1.165) is 12.3 Å². The van der Waals surface area contributed by atoms with E-state index in [0.29, 0.717) is 12.1 Å². The Bertz CT molecular complexity index is 1280. The lowest BCUT2D eigenvalue weighted by Crippen LogP contribution is -2.42. The Kier molecular flexibility index (Phi) is 6.47. The molecule has 1 atom stereocenters. The lowest BCUT2D eigenvalue weighted by atomic mass is 10.1. The molecule has 1 aromatic carbocycles. The SMILES string of the molecule is O=C(NCc1c(F)cccc1Cl)C1CCc2cnc(NCC(F)(F)c3cccc[n+]3[O-])c(=O)n21. The van der Waals surface area contributed by atoms with Crippen LogP contribution in [0.5, 0.6) is 0 Å². The number of carbonyl (C=O) groups excluding carboxylic acids is 1. The number of pyridine rings is 1. The number of hydrogen-bond donors (Lipinski definition) is 2. The van der Waals surface area contributed by atoms with Crippen molar-refractivity contribution in [2.24, 2.45) is 0 Å². The van der Waals surface area contributed by atoms with Gasteiger partial charge < -0.3 is 15.8 Å². The van der Waals surface area contributed by atoms with Crippen molar-refractivity contribution in [3.05, 3.63) is 92.1 Å². The molecule has 0 aliphatic carbocycles. The monoisotopic (exact) mass is 493 g/mol. The predicted molar refractivity (Wildman–Crippen MR) is 117 cm³/mol. The predicted octanol–water partition coefficient (Wildman–Crippen LogP) is 2.68. The number of carbonyl (C=O) groups is 1. The summed E-state index contributed by atoms with van der Waals surface area (Å²) in [5, 5.41) is 16.7. The third-order valence-corrected chi connectivity index (χ3v) is 5.89. The molecular weight excluding hydrogens is 475 g/mol. The van der Waals surface area contributed by atoms with E-state index in [4.69, 9.17) is 11.6 Å². The van der Waals surface area contributed by atoms with E-state index in [1.54, 1.807) is 0 Å². The number of benzene rings is 1. The summed E-state index contributed by atoms with van der Waals surface area (Å²) >= 11 is 5.98. The normalized spacial score (nSPS) is 15.1. The lowest BCUT2D eigenvalue weighted by molar-refractivity contribution is -0.624. The Labute approximate surface area is 196 Å². The molecule has 0 saturated carbocycles. The summed E-state index contributed by atoms with van der Waals surface area (Å²) in [6, 6.07) is 6.83. The van der Waals surface area contributed by atoms with Gasteiger partial charge >= 0.3 is 5.92 Å². The Morgan fingerprint density at radius 1 is 1.29 bits per heavy atom. The number of nitrogens with one attached hydrogen (secondary N) is 2. The molecule has 0 saturated heterocycles. The number of amides is 1. The van der Waals surface area contributed by atoms with E-state index in [9.17, 15) is 28.0 Å². The lowest BCUT2D eigenvalue weighted by Gasteiger charge is -2.18. The molecule has 34 heavy (non-hydrogen) atoms. The molecule has 12 heteroatoms. The third kappa shape index (κ3) is 4.56. The van der Waals surface area contributed by atoms with Crippen LogP contribution >= 0.6 is 11.6 Å². The van der Waals surface area contributed by atoms with E-state index < -0.39 is 41.5 Å². The highest BCUT2D eigenvalue weighted by molar-refractivity contribution is 6.31. The molecule has 1 aliphatic rings. The van der Waals surface area contributed by atoms with Gasteiger partial charge in [0, 0.05) is 41.2 Å². The second-order valence-electron chi connectivity index (χ2n) is 7.72. The number of rotatable bonds is 7. The maximum absolute atomic E-state index is 14.5. The zero-order valence-electron chi connectivity index (χ0n) is 17.6. The smallest absolute Gasteiger partial charge is 0.347 e. The van der Waals surface area contributed by atoms with Crippen molar-refractivity contribution in [1.82, 2.24) is 14.9 Å². The minimum atomic E-state index is -3.59. The summed E-state index contributed by atoms with van der Waals surface area (Å²) in [6.07, 6.45) is 2.94. The van der Waals surface area contributed by atoms with Gasteiger partial charge in [-0.2, -0.15) is 13.5 Å². The number of nitrogens with zero attached hydrogens (tertiary/aromatic N) is 3. The van der Waals surface area contributed by atoms with E-state index in [1.165, 1.54) is 41.1 Å². The number of alkyl halides is 2. The van der Waals surface area contributed by atoms with Crippen molar-refractivity contribution in [2.45, 2.75) is 31.4 Å². The molecule has 1 unspecified atom stereocenters. The van der Waals surface area contributed by atoms with Gasteiger partial charge in [-0.15, -0.1) is 0 Å². The highest BCUT2D eigenvalue weighted by Crippen LogP contribution is 2.27. The van der Waals surface area contributed by atoms with Crippen LogP contribution < -0.4 is 20.9 Å². The first-order chi connectivity index (χ1) is 16.2. The van der Waals surface area contributed by atoms with Crippen molar-refractivity contribution in [1.29, 1.82) is 0 Å². The van der Waals surface area contributed by atoms with Gasteiger partial charge in [0.05, 0.1) is 6.54 Å². The van der Waals surface area contributed by atoms with Gasteiger partial charge in [0.25, 0.3) is 11.3 Å². The van der Waals surface area contributed by atoms with Crippen LogP contribution in [0.25, 0.3) is 0 Å². The summed E-state index contributed by atoms with van der Waals surface area (Å²) in [6.45, 7) is -1.23. The molecule has 8 nitrogen and oxygen atoms in total. The molecule has 1 amide bonds. The largest absolute Gasteiger partial charge is 0.618 e. The molecule has 178 valence electrons. The van der Waals surface area contributed by atoms with Gasteiger partial charge in [0.15, 0.2) is 12.0 Å². The molecule has 0 bridgehead atoms. The van der Waals surface area contributed by atoms with Crippen molar-refractivity contribution in [3.63, 3.8) is 0 Å². The van der Waals surface area contributed by atoms with E-state index in [-0.39, 0.29) is 34.1 Å². The zero-order chi connectivity index (χ0) is 24.5. The fraction of sp³-hybridized carbons (Fsp3) is 0.273. The molecule has 2 aromatic heterocycles. The van der Waals surface area contributed by atoms with Crippen LogP contribution in [0, 0.1) is 11.0 Å². The number of anilines is 1. The molecule has 4 rings (SSSR count). The molecule has 2 N–H and O–H groups in total. The zero-order valence-corrected chi connectivity index (χ0v) is 18.4. The number of aryl methyl sites for hydroxylation is 1. The van der Waals surface area contributed by atoms with E-state index in [1.807, 2.05) is 0 Å². The Balaban J connectivity index is 1.50. The van der Waals surface area contributed by atoms with Crippen molar-refractivity contribution >= 4 is 23.3 Å². The quantitative estimate of drug-likeness (QED) is 0.389. The van der Waals surface area contributed by atoms with Crippen molar-refractivity contribution in [2.75, 3.05) is 11.9 Å². The minimum Gasteiger partial charge on any atom is -0.618 e. The molecule has 3 aromatic rings. The first kappa shape index (κ1) is 23.6. The van der Waals surface area contributed by atoms with Crippen LogP contribution in [0.2, 0.25) is 5.02 Å². The van der Waals surface area contributed by atoms with Crippen LogP contribution in [-0.2, 0) is 23.7 Å². The van der Waals surface area contributed by atoms with Crippen LogP contribution in [0.15, 0.2) is 53.6 Å². The molecule has 3 heterocycles. The first-order valence-electron chi connectivity index (χ1n) is 10.3. The van der Waals surface area contributed by atoms with Crippen molar-refractivity contribution in [3.8, 4) is 0 Å². The molecular formula is C22H19ClF3N5O3. The van der Waals surface area contributed by atoms with Gasteiger partial charge in [-0.25, -0.2) is 9.37 Å². The molecule has 0 fully saturated rings. The number of fused-ring (bicyclic) bond motifs is 1. The summed E-state index contributed by atoms with van der Waals surface area (Å²) in [4.78, 5) is 29.6. The number of halogens is 4. The van der Waals surface area contributed by atoms with Crippen LogP contribution in [0.4, 0.5) is 19.0 Å². The summed E-state index contributed by atoms with van der Waals surface area (Å²) in [5.41, 5.74) is -0.962. The summed E-state index contributed by atoms with van der Waals surface area (Å²) in [5.74, 6) is -5.09. The topological polar surface area (TPSA) is 103 Å². The van der Waals surface area contributed by atoms with Crippen LogP contribution in [0.3, 0.4) is 0 Å². The van der Waals surface area contributed by atoms with E-state index in [2.05, 4.69) is 15.6 Å². The fourth-order valence-corrected chi connectivity index (χ4v) is 4.03. The first-order valence-corrected chi connectivity index (χ1v) is 10.7. The highest BCUT2D eigenvalue weighted by atomic mass is 35.5. The molecule has 0 spiro atoms. The summed E-state index contributed by atoms with van der Waals surface area (Å²) < 4.78 is 44.2. The Hall–Kier alpha value is -3.60. The third-order valence-electron chi connectivity index (χ3n) is 5.54. The van der Waals surface area contributed by atoms with Gasteiger partial charge in [-0.1, -0.05) is 17.7 Å². The Morgan fingerprint density at radius 3 is 2.82 bits per heavy atom. The van der Waals surface area contributed by atoms with Crippen LogP contribution in [0.1, 0.15) is 29.4 Å². The maximum Gasteiger partial charge on any atom is 0.347 e. The maximum atomic E-state index is 14.5. The minimum absolute atomic E-state index is 0.0485. The highest BCUT2D eigenvalue weighted by Gasteiger charge is 2.40. The van der Waals surface area contributed by atoms with E-state index >= 15 is 0 Å². The van der Waals surface area contributed by atoms with Gasteiger partial charge in [0.2, 0.25) is 5.91 Å². The Morgan fingerprint density at radius 2 is 2.09 bits per heavy atom. The molecule has 1 aliphatic heterocycles. The van der Waals surface area contributed by atoms with Gasteiger partial charge in [0.1, 0.15) is 11.9 Å². The average Bonchev–Trinajstić information content (AvgIpc) is 3.23. The second kappa shape index (κ2) is 9.34. The standard InChI is InChI=1S/C22H19ClF3N5O3/c23-15-4-3-5-16(24)14(15)11-28-20(32)17-8-7-13-10-27-19(21(33)31(13)17)29-12-22(25,26)18-6-1-2-9-30(18)34/h1-6,9-10,17H,7-8,11-12H2,(H,27,29)(H,28,32). The van der Waals surface area contributed by atoms with Gasteiger partial charge in [-0.05, 0) is 31.0 Å². The van der Waals surface area contributed by atoms with Crippen molar-refractivity contribution < 1.29 is 22.7 Å². The average molecular weight is 494 g/mol. The molecule has 0 radical (unpaired) electrons. The van der Waals surface area contributed by atoms with Gasteiger partial charge in [-0.3, -0.25) is 14.2 Å². The fourth-order valence-electron chi connectivity index (χ4n) is 3.80. The second-order valence-corrected chi connectivity index (χ2v) is 8.12. The number of hydrogen-bond acceptors (Lipinski definition) is 5. The van der Waals surface area contributed by atoms with Crippen LogP contribution in [-0.4, -0.2) is 22.0 Å². The summed E-state index contributed by atoms with van der Waals surface area (Å²) in [7, 11) is 0. The number of aromatic nitrogens is 3.